The van der Waals surface area contributed by atoms with Crippen molar-refractivity contribution in [1.82, 2.24) is 0 Å². The zero-order valence-corrected chi connectivity index (χ0v) is 14.4. The summed E-state index contributed by atoms with van der Waals surface area (Å²) >= 11 is 0. The van der Waals surface area contributed by atoms with E-state index >= 15 is 0 Å². The highest BCUT2D eigenvalue weighted by Crippen LogP contribution is 2.22. The van der Waals surface area contributed by atoms with E-state index in [9.17, 15) is 4.79 Å². The minimum absolute atomic E-state index is 0.215. The number of carbonyl (C=O) groups excluding carboxylic acids is 1. The van der Waals surface area contributed by atoms with Crippen molar-refractivity contribution in [2.75, 3.05) is 11.9 Å². The van der Waals surface area contributed by atoms with Crippen LogP contribution in [0.5, 0.6) is 5.75 Å². The lowest BCUT2D eigenvalue weighted by Crippen LogP contribution is -2.13. The van der Waals surface area contributed by atoms with E-state index in [4.69, 9.17) is 4.74 Å². The normalized spacial score (nSPS) is 10.7. The van der Waals surface area contributed by atoms with Crippen LogP contribution in [0.3, 0.4) is 0 Å². The van der Waals surface area contributed by atoms with Gasteiger partial charge in [-0.05, 0) is 55.5 Å². The zero-order valence-electron chi connectivity index (χ0n) is 14.4. The number of benzene rings is 3. The first-order valence-electron chi connectivity index (χ1n) is 8.36. The van der Waals surface area contributed by atoms with Crippen LogP contribution in [0.15, 0.2) is 89.1 Å². The third-order valence-electron chi connectivity index (χ3n) is 3.59. The Labute approximate surface area is 152 Å². The summed E-state index contributed by atoms with van der Waals surface area (Å²) in [6.45, 7) is 2.39. The van der Waals surface area contributed by atoms with Gasteiger partial charge in [0.15, 0.2) is 0 Å². The zero-order chi connectivity index (χ0) is 18.2. The molecule has 0 aromatic heterocycles. The summed E-state index contributed by atoms with van der Waals surface area (Å²) < 4.78 is 5.50. The third-order valence-corrected chi connectivity index (χ3v) is 3.59. The number of rotatable bonds is 6. The fourth-order valence-corrected chi connectivity index (χ4v) is 2.36. The van der Waals surface area contributed by atoms with Crippen molar-refractivity contribution in [2.24, 2.45) is 10.2 Å². The van der Waals surface area contributed by atoms with Crippen molar-refractivity contribution in [3.63, 3.8) is 0 Å². The summed E-state index contributed by atoms with van der Waals surface area (Å²) in [5, 5.41) is 11.2. The fraction of sp³-hybridized carbons (Fsp3) is 0.0952. The first-order valence-corrected chi connectivity index (χ1v) is 8.36. The molecule has 0 saturated heterocycles. The Morgan fingerprint density at radius 3 is 2.15 bits per heavy atom. The first kappa shape index (κ1) is 17.4. The van der Waals surface area contributed by atoms with Gasteiger partial charge in [0.1, 0.15) is 5.75 Å². The molecule has 0 unspecified atom stereocenters. The van der Waals surface area contributed by atoms with Gasteiger partial charge in [-0.15, -0.1) is 0 Å². The summed E-state index contributed by atoms with van der Waals surface area (Å²) in [4.78, 5) is 12.5. The molecule has 1 N–H and O–H groups in total. The SMILES string of the molecule is CCOc1ccccc1C(=O)Nc1ccc(N=Nc2ccccc2)cc1. The predicted molar refractivity (Wildman–Crippen MR) is 103 cm³/mol. The molecule has 3 aromatic rings. The number of nitrogens with one attached hydrogen (secondary N) is 1. The van der Waals surface area contributed by atoms with Crippen LogP contribution in [-0.2, 0) is 0 Å². The number of ether oxygens (including phenoxy) is 1. The molecule has 0 heterocycles. The highest BCUT2D eigenvalue weighted by Gasteiger charge is 2.11. The maximum absolute atomic E-state index is 12.5. The maximum Gasteiger partial charge on any atom is 0.259 e. The van der Waals surface area contributed by atoms with Crippen molar-refractivity contribution in [2.45, 2.75) is 6.92 Å². The van der Waals surface area contributed by atoms with Gasteiger partial charge < -0.3 is 10.1 Å². The van der Waals surface area contributed by atoms with Gasteiger partial charge in [0.05, 0.1) is 23.5 Å². The highest BCUT2D eigenvalue weighted by molar-refractivity contribution is 6.06. The molecule has 0 aliphatic carbocycles. The molecule has 3 rings (SSSR count). The molecule has 0 aliphatic rings. The molecule has 0 spiro atoms. The van der Waals surface area contributed by atoms with Crippen LogP contribution in [0.25, 0.3) is 0 Å². The van der Waals surface area contributed by atoms with Crippen LogP contribution in [0.2, 0.25) is 0 Å². The Kier molecular flexibility index (Phi) is 5.72. The standard InChI is InChI=1S/C21H19N3O2/c1-2-26-20-11-7-6-10-19(20)21(25)22-16-12-14-18(15-13-16)24-23-17-8-4-3-5-9-17/h3-15H,2H2,1H3,(H,22,25). The summed E-state index contributed by atoms with van der Waals surface area (Å²) in [5.74, 6) is 0.355. The van der Waals surface area contributed by atoms with Crippen molar-refractivity contribution >= 4 is 23.0 Å². The summed E-state index contributed by atoms with van der Waals surface area (Å²) in [5.41, 5.74) is 2.68. The molecule has 0 saturated carbocycles. The molecule has 26 heavy (non-hydrogen) atoms. The fourth-order valence-electron chi connectivity index (χ4n) is 2.36. The third kappa shape index (κ3) is 4.54. The summed E-state index contributed by atoms with van der Waals surface area (Å²) in [6, 6.07) is 23.9. The second kappa shape index (κ2) is 8.58. The molecule has 130 valence electrons. The first-order chi connectivity index (χ1) is 12.8. The van der Waals surface area contributed by atoms with Gasteiger partial charge in [-0.1, -0.05) is 30.3 Å². The van der Waals surface area contributed by atoms with E-state index in [1.54, 1.807) is 36.4 Å². The maximum atomic E-state index is 12.5. The molecule has 5 heteroatoms. The average Bonchev–Trinajstić information content (AvgIpc) is 2.69. The lowest BCUT2D eigenvalue weighted by molar-refractivity contribution is 0.102. The number of hydrogen-bond donors (Lipinski definition) is 1. The number of carbonyl (C=O) groups is 1. The van der Waals surface area contributed by atoms with Crippen molar-refractivity contribution in [3.8, 4) is 5.75 Å². The topological polar surface area (TPSA) is 63.0 Å². The number of nitrogens with zero attached hydrogens (tertiary/aromatic N) is 2. The summed E-state index contributed by atoms with van der Waals surface area (Å²) in [6.07, 6.45) is 0. The minimum Gasteiger partial charge on any atom is -0.493 e. The number of azo groups is 1. The lowest BCUT2D eigenvalue weighted by Gasteiger charge is -2.10. The largest absolute Gasteiger partial charge is 0.493 e. The Balaban J connectivity index is 1.68. The van der Waals surface area contributed by atoms with Crippen LogP contribution < -0.4 is 10.1 Å². The Hall–Kier alpha value is -3.47. The minimum atomic E-state index is -0.215. The van der Waals surface area contributed by atoms with E-state index in [1.165, 1.54) is 0 Å². The number of para-hydroxylation sites is 1. The highest BCUT2D eigenvalue weighted by atomic mass is 16.5. The second-order valence-electron chi connectivity index (χ2n) is 5.47. The van der Waals surface area contributed by atoms with Crippen LogP contribution in [0.4, 0.5) is 17.1 Å². The molecule has 0 atom stereocenters. The van der Waals surface area contributed by atoms with Crippen molar-refractivity contribution in [1.29, 1.82) is 0 Å². The molecular formula is C21H19N3O2. The van der Waals surface area contributed by atoms with E-state index in [2.05, 4.69) is 15.5 Å². The lowest BCUT2D eigenvalue weighted by atomic mass is 10.2. The van der Waals surface area contributed by atoms with E-state index in [0.29, 0.717) is 29.3 Å². The van der Waals surface area contributed by atoms with Gasteiger partial charge in [-0.25, -0.2) is 0 Å². The van der Waals surface area contributed by atoms with Crippen molar-refractivity contribution < 1.29 is 9.53 Å². The smallest absolute Gasteiger partial charge is 0.259 e. The molecule has 0 bridgehead atoms. The van der Waals surface area contributed by atoms with E-state index in [0.717, 1.165) is 5.69 Å². The molecule has 1 amide bonds. The summed E-state index contributed by atoms with van der Waals surface area (Å²) in [7, 11) is 0. The molecule has 3 aromatic carbocycles. The van der Waals surface area contributed by atoms with Crippen LogP contribution >= 0.6 is 0 Å². The molecule has 5 nitrogen and oxygen atoms in total. The molecule has 0 radical (unpaired) electrons. The monoisotopic (exact) mass is 345 g/mol. The van der Waals surface area contributed by atoms with Crippen LogP contribution in [-0.4, -0.2) is 12.5 Å². The molecule has 0 fully saturated rings. The van der Waals surface area contributed by atoms with Gasteiger partial charge in [0.2, 0.25) is 0 Å². The van der Waals surface area contributed by atoms with Gasteiger partial charge in [-0.2, -0.15) is 10.2 Å². The second-order valence-corrected chi connectivity index (χ2v) is 5.47. The Bertz CT molecular complexity index is 891. The van der Waals surface area contributed by atoms with E-state index < -0.39 is 0 Å². The van der Waals surface area contributed by atoms with E-state index in [1.807, 2.05) is 49.4 Å². The number of amides is 1. The quantitative estimate of drug-likeness (QED) is 0.578. The average molecular weight is 345 g/mol. The van der Waals surface area contributed by atoms with Gasteiger partial charge in [0, 0.05) is 5.69 Å². The Morgan fingerprint density at radius 2 is 1.46 bits per heavy atom. The van der Waals surface area contributed by atoms with Gasteiger partial charge >= 0.3 is 0 Å². The number of hydrogen-bond acceptors (Lipinski definition) is 4. The van der Waals surface area contributed by atoms with Crippen molar-refractivity contribution in [3.05, 3.63) is 84.4 Å². The Morgan fingerprint density at radius 1 is 0.846 bits per heavy atom. The van der Waals surface area contributed by atoms with Crippen LogP contribution in [0.1, 0.15) is 17.3 Å². The van der Waals surface area contributed by atoms with Gasteiger partial charge in [0.25, 0.3) is 5.91 Å². The van der Waals surface area contributed by atoms with E-state index in [-0.39, 0.29) is 5.91 Å². The predicted octanol–water partition coefficient (Wildman–Crippen LogP) is 5.75. The molecular weight excluding hydrogens is 326 g/mol. The van der Waals surface area contributed by atoms with Crippen LogP contribution in [0, 0.1) is 0 Å². The van der Waals surface area contributed by atoms with Gasteiger partial charge in [-0.3, -0.25) is 4.79 Å². The number of anilines is 1. The molecule has 0 aliphatic heterocycles.